The van der Waals surface area contributed by atoms with E-state index < -0.39 is 128 Å². The van der Waals surface area contributed by atoms with E-state index in [-0.39, 0.29) is 83.8 Å². The van der Waals surface area contributed by atoms with Crippen LogP contribution in [0.25, 0.3) is 0 Å². The Labute approximate surface area is 363 Å². The first kappa shape index (κ1) is 54.9. The minimum absolute atomic E-state index is 0.0343. The number of hydrogen-bond acceptors (Lipinski definition) is 13. The molecule has 28 heteroatoms. The molecule has 358 valence electrons. The van der Waals surface area contributed by atoms with Crippen LogP contribution in [0.1, 0.15) is 89.2 Å². The Bertz CT molecular complexity index is 1780. The first-order valence-electron chi connectivity index (χ1n) is 20.0. The number of carboxylic acids is 6. The van der Waals surface area contributed by atoms with Gasteiger partial charge in [-0.2, -0.15) is 0 Å². The molecule has 0 radical (unpaired) electrons. The highest BCUT2D eigenvalue weighted by Crippen LogP contribution is 2.07. The van der Waals surface area contributed by atoms with Crippen LogP contribution in [0, 0.1) is 0 Å². The van der Waals surface area contributed by atoms with Gasteiger partial charge in [0.05, 0.1) is 12.4 Å². The van der Waals surface area contributed by atoms with Gasteiger partial charge in [0, 0.05) is 38.5 Å². The van der Waals surface area contributed by atoms with Gasteiger partial charge in [0.15, 0.2) is 0 Å². The molecule has 0 saturated carbocycles. The summed E-state index contributed by atoms with van der Waals surface area (Å²) in [6.07, 6.45) is -0.265. The van der Waals surface area contributed by atoms with Crippen LogP contribution in [-0.4, -0.2) is 161 Å². The lowest BCUT2D eigenvalue weighted by Crippen LogP contribution is -2.51. The predicted octanol–water partition coefficient (Wildman–Crippen LogP) is -1.84. The van der Waals surface area contributed by atoms with Gasteiger partial charge in [-0.15, -0.1) is 5.10 Å². The molecule has 1 heterocycles. The van der Waals surface area contributed by atoms with E-state index in [1.165, 1.54) is 10.9 Å². The minimum atomic E-state index is -1.60. The summed E-state index contributed by atoms with van der Waals surface area (Å²) in [5.41, 5.74) is 0.427. The molecule has 0 aliphatic carbocycles. The first-order chi connectivity index (χ1) is 30.2. The Hall–Kier alpha value is -7.16. The van der Waals surface area contributed by atoms with Crippen molar-refractivity contribution in [2.24, 2.45) is 0 Å². The Morgan fingerprint density at radius 2 is 0.969 bits per heavy atom. The van der Waals surface area contributed by atoms with Crippen LogP contribution < -0.4 is 37.2 Å². The van der Waals surface area contributed by atoms with Gasteiger partial charge in [-0.3, -0.25) is 28.4 Å². The molecule has 1 rings (SSSR count). The third-order valence-electron chi connectivity index (χ3n) is 8.94. The van der Waals surface area contributed by atoms with E-state index in [0.717, 1.165) is 0 Å². The Kier molecular flexibility index (Phi) is 25.7. The standard InChI is InChI=1S/C36H55FN10O17/c37-15-5-6-20-18-47(46-45-20)19-27(49)40-21(30(54)39-17-4-2-8-23(32(57)58)42-36(64)44-25(34(61)62)11-14-29(52)53)9-12-26(48)38-16-3-1-7-22(31(55)56)41-35(63)43-24(33(59)60)10-13-28(50)51/h18,21-25H,1-17,19H2,(H,38,48)(H,39,54)(H,40,49)(H,50,51)(H,52,53)(H,55,56)(H,57,58)(H,59,60)(H,61,62)(H2,41,43,63)(H2,42,44,64)/t21-,22-,23-,24-,25-/m0/s1. The monoisotopic (exact) mass is 918 g/mol. The molecule has 1 aromatic heterocycles. The number of carboxylic acid groups (broad SMARTS) is 6. The van der Waals surface area contributed by atoms with E-state index in [9.17, 15) is 77.6 Å². The molecule has 0 spiro atoms. The van der Waals surface area contributed by atoms with Crippen LogP contribution in [0.4, 0.5) is 14.0 Å². The molecule has 0 aliphatic rings. The van der Waals surface area contributed by atoms with Crippen LogP contribution in [0.3, 0.4) is 0 Å². The SMILES string of the molecule is O=C(O)CC[C@H](NC(=O)N[C@@H](CCCCNC(=O)CC[C@H](NC(=O)Cn1cc(CCCF)nn1)C(=O)NCCCC[C@H](NC(=O)N[C@@H](CCC(=O)O)C(=O)O)C(=O)O)C(=O)O)C(=O)O. The Balaban J connectivity index is 2.76. The molecule has 0 aromatic carbocycles. The molecule has 27 nitrogen and oxygen atoms in total. The lowest BCUT2D eigenvalue weighted by atomic mass is 10.1. The maximum atomic E-state index is 13.2. The number of aryl methyl sites for hydroxylation is 1. The van der Waals surface area contributed by atoms with Gasteiger partial charge < -0.3 is 67.9 Å². The topological polar surface area (TPSA) is 424 Å². The van der Waals surface area contributed by atoms with E-state index in [1.807, 2.05) is 10.6 Å². The summed E-state index contributed by atoms with van der Waals surface area (Å²) < 4.78 is 13.7. The van der Waals surface area contributed by atoms with Crippen molar-refractivity contribution in [3.05, 3.63) is 11.9 Å². The van der Waals surface area contributed by atoms with Crippen molar-refractivity contribution < 1.29 is 87.8 Å². The fourth-order valence-corrected chi connectivity index (χ4v) is 5.59. The first-order valence-corrected chi connectivity index (χ1v) is 20.0. The molecule has 13 N–H and O–H groups in total. The quantitative estimate of drug-likeness (QED) is 0.0338. The number of urea groups is 2. The number of rotatable bonds is 34. The van der Waals surface area contributed by atoms with Gasteiger partial charge in [-0.05, 0) is 70.6 Å². The van der Waals surface area contributed by atoms with Crippen LogP contribution in [0.2, 0.25) is 0 Å². The highest BCUT2D eigenvalue weighted by atomic mass is 19.1. The molecule has 1 aromatic rings. The molecule has 7 amide bonds. The summed E-state index contributed by atoms with van der Waals surface area (Å²) in [4.78, 5) is 131. The van der Waals surface area contributed by atoms with Crippen molar-refractivity contribution in [1.29, 1.82) is 0 Å². The maximum Gasteiger partial charge on any atom is 0.326 e. The summed E-state index contributed by atoms with van der Waals surface area (Å²) in [6.45, 7) is -0.987. The Morgan fingerprint density at radius 1 is 0.531 bits per heavy atom. The van der Waals surface area contributed by atoms with Crippen molar-refractivity contribution >= 4 is 65.6 Å². The number of hydrogen-bond donors (Lipinski definition) is 13. The second-order valence-electron chi connectivity index (χ2n) is 14.2. The number of halogens is 1. The highest BCUT2D eigenvalue weighted by Gasteiger charge is 2.27. The average molecular weight is 919 g/mol. The number of alkyl halides is 1. The van der Waals surface area contributed by atoms with E-state index in [4.69, 9.17) is 10.2 Å². The zero-order valence-electron chi connectivity index (χ0n) is 34.6. The summed E-state index contributed by atoms with van der Waals surface area (Å²) in [6, 6.07) is -9.69. The van der Waals surface area contributed by atoms with Crippen molar-refractivity contribution in [1.82, 2.24) is 52.2 Å². The van der Waals surface area contributed by atoms with Gasteiger partial charge in [0.2, 0.25) is 17.7 Å². The van der Waals surface area contributed by atoms with Crippen LogP contribution >= 0.6 is 0 Å². The van der Waals surface area contributed by atoms with Crippen molar-refractivity contribution in [2.75, 3.05) is 19.8 Å². The third-order valence-corrected chi connectivity index (χ3v) is 8.94. The molecule has 0 unspecified atom stereocenters. The minimum Gasteiger partial charge on any atom is -0.481 e. The van der Waals surface area contributed by atoms with Crippen molar-refractivity contribution in [3.8, 4) is 0 Å². The second-order valence-corrected chi connectivity index (χ2v) is 14.2. The van der Waals surface area contributed by atoms with Gasteiger partial charge in [0.25, 0.3) is 0 Å². The number of carbonyl (C=O) groups is 11. The average Bonchev–Trinajstić information content (AvgIpc) is 3.66. The van der Waals surface area contributed by atoms with E-state index in [2.05, 4.69) is 36.9 Å². The van der Waals surface area contributed by atoms with Gasteiger partial charge >= 0.3 is 47.9 Å². The summed E-state index contributed by atoms with van der Waals surface area (Å²) in [7, 11) is 0. The van der Waals surface area contributed by atoms with Crippen molar-refractivity contribution in [3.63, 3.8) is 0 Å². The Morgan fingerprint density at radius 3 is 1.41 bits per heavy atom. The van der Waals surface area contributed by atoms with E-state index in [1.54, 1.807) is 0 Å². The fourth-order valence-electron chi connectivity index (χ4n) is 5.59. The number of carbonyl (C=O) groups excluding carboxylic acids is 5. The highest BCUT2D eigenvalue weighted by molar-refractivity contribution is 5.89. The molecule has 5 atom stereocenters. The zero-order valence-corrected chi connectivity index (χ0v) is 34.6. The van der Waals surface area contributed by atoms with Crippen LogP contribution in [0.5, 0.6) is 0 Å². The second kappa shape index (κ2) is 30.0. The molecule has 0 saturated heterocycles. The fraction of sp³-hybridized carbons (Fsp3) is 0.639. The van der Waals surface area contributed by atoms with Crippen LogP contribution in [-0.2, 0) is 56.1 Å². The van der Waals surface area contributed by atoms with Crippen molar-refractivity contribution in [2.45, 2.75) is 127 Å². The molecular formula is C36H55FN10O17. The summed E-state index contributed by atoms with van der Waals surface area (Å²) >= 11 is 0. The molecule has 0 fully saturated rings. The van der Waals surface area contributed by atoms with Gasteiger partial charge in [-0.25, -0.2) is 33.4 Å². The molecular weight excluding hydrogens is 863 g/mol. The third kappa shape index (κ3) is 24.3. The largest absolute Gasteiger partial charge is 0.481 e. The van der Waals surface area contributed by atoms with Crippen LogP contribution in [0.15, 0.2) is 6.20 Å². The number of unbranched alkanes of at least 4 members (excludes halogenated alkanes) is 2. The lowest BCUT2D eigenvalue weighted by molar-refractivity contribution is -0.142. The molecule has 64 heavy (non-hydrogen) atoms. The number of amides is 7. The van der Waals surface area contributed by atoms with Gasteiger partial charge in [-0.1, -0.05) is 5.21 Å². The van der Waals surface area contributed by atoms with E-state index >= 15 is 0 Å². The number of aromatic nitrogens is 3. The van der Waals surface area contributed by atoms with Gasteiger partial charge in [0.1, 0.15) is 36.8 Å². The predicted molar refractivity (Wildman–Crippen MR) is 212 cm³/mol. The molecule has 0 bridgehead atoms. The number of nitrogens with one attached hydrogen (secondary N) is 7. The summed E-state index contributed by atoms with van der Waals surface area (Å²) in [5.74, 6) is -10.5. The van der Waals surface area contributed by atoms with E-state index in [0.29, 0.717) is 5.69 Å². The normalized spacial score (nSPS) is 13.1. The lowest BCUT2D eigenvalue weighted by Gasteiger charge is -2.19. The summed E-state index contributed by atoms with van der Waals surface area (Å²) in [5, 5.41) is 78.6. The molecule has 0 aliphatic heterocycles. The number of nitrogens with zero attached hydrogens (tertiary/aromatic N) is 3. The zero-order chi connectivity index (χ0) is 48.2. The maximum absolute atomic E-state index is 13.2. The number of aliphatic carboxylic acids is 6. The smallest absolute Gasteiger partial charge is 0.326 e.